The van der Waals surface area contributed by atoms with Crippen molar-refractivity contribution < 1.29 is 0 Å². The van der Waals surface area contributed by atoms with E-state index in [4.69, 9.17) is 0 Å². The van der Waals surface area contributed by atoms with Gasteiger partial charge in [-0.15, -0.1) is 0 Å². The molecule has 0 unspecified atom stereocenters. The van der Waals surface area contributed by atoms with Crippen LogP contribution in [0.2, 0.25) is 0 Å². The molecule has 1 nitrogen and oxygen atoms in total. The molecular formula is C23H35N. The van der Waals surface area contributed by atoms with Crippen LogP contribution >= 0.6 is 0 Å². The molecule has 132 valence electrons. The fourth-order valence-electron chi connectivity index (χ4n) is 3.50. The van der Waals surface area contributed by atoms with E-state index in [1.54, 1.807) is 5.57 Å². The zero-order chi connectivity index (χ0) is 16.7. The van der Waals surface area contributed by atoms with Crippen molar-refractivity contribution >= 4 is 0 Å². The highest BCUT2D eigenvalue weighted by Gasteiger charge is 1.99. The van der Waals surface area contributed by atoms with E-state index in [0.717, 1.165) is 0 Å². The third-order valence-electron chi connectivity index (χ3n) is 5.06. The summed E-state index contributed by atoms with van der Waals surface area (Å²) in [6, 6.07) is 4.28. The van der Waals surface area contributed by atoms with Crippen molar-refractivity contribution in [2.45, 2.75) is 89.9 Å². The summed E-state index contributed by atoms with van der Waals surface area (Å²) in [5.41, 5.74) is 3.07. The summed E-state index contributed by atoms with van der Waals surface area (Å²) in [5.74, 6) is 0. The van der Waals surface area contributed by atoms with Crippen LogP contribution in [0.1, 0.15) is 89.0 Å². The van der Waals surface area contributed by atoms with Gasteiger partial charge in [0.15, 0.2) is 0 Å². The highest BCUT2D eigenvalue weighted by atomic mass is 14.6. The summed E-state index contributed by atoms with van der Waals surface area (Å²) in [6.07, 6.45) is 29.9. The first-order chi connectivity index (χ1) is 11.9. The lowest BCUT2D eigenvalue weighted by atomic mass is 10.0. The molecule has 1 heteroatoms. The second-order valence-corrected chi connectivity index (χ2v) is 7.20. The Morgan fingerprint density at radius 2 is 1.21 bits per heavy atom. The SMILES string of the molecule is C1=CCC(CCCCCCCCCCCCCc2ccncc2)=C1. The van der Waals surface area contributed by atoms with Crippen molar-refractivity contribution in [3.05, 3.63) is 53.9 Å². The zero-order valence-corrected chi connectivity index (χ0v) is 15.4. The van der Waals surface area contributed by atoms with Crippen LogP contribution in [0.25, 0.3) is 0 Å². The molecule has 0 aliphatic heterocycles. The molecule has 0 saturated carbocycles. The van der Waals surface area contributed by atoms with Crippen molar-refractivity contribution in [3.8, 4) is 0 Å². The predicted molar refractivity (Wildman–Crippen MR) is 105 cm³/mol. The molecule has 0 atom stereocenters. The van der Waals surface area contributed by atoms with Crippen molar-refractivity contribution in [3.63, 3.8) is 0 Å². The van der Waals surface area contributed by atoms with Crippen LogP contribution < -0.4 is 0 Å². The molecule has 0 aromatic carbocycles. The van der Waals surface area contributed by atoms with Crippen LogP contribution in [-0.4, -0.2) is 4.98 Å². The molecule has 0 amide bonds. The van der Waals surface area contributed by atoms with Gasteiger partial charge in [-0.1, -0.05) is 81.6 Å². The van der Waals surface area contributed by atoms with E-state index in [1.807, 2.05) is 12.4 Å². The molecule has 1 aromatic rings. The van der Waals surface area contributed by atoms with Gasteiger partial charge in [0, 0.05) is 12.4 Å². The molecule has 1 aliphatic carbocycles. The van der Waals surface area contributed by atoms with E-state index in [2.05, 4.69) is 35.3 Å². The van der Waals surface area contributed by atoms with E-state index < -0.39 is 0 Å². The van der Waals surface area contributed by atoms with Crippen molar-refractivity contribution in [1.29, 1.82) is 0 Å². The van der Waals surface area contributed by atoms with Crippen LogP contribution in [0, 0.1) is 0 Å². The van der Waals surface area contributed by atoms with E-state index in [9.17, 15) is 0 Å². The Morgan fingerprint density at radius 3 is 1.75 bits per heavy atom. The second kappa shape index (κ2) is 13.0. The number of allylic oxidation sites excluding steroid dienone is 4. The number of hydrogen-bond acceptors (Lipinski definition) is 1. The first-order valence-electron chi connectivity index (χ1n) is 10.2. The molecule has 0 bridgehead atoms. The maximum atomic E-state index is 4.07. The molecule has 0 fully saturated rings. The summed E-state index contributed by atoms with van der Waals surface area (Å²) < 4.78 is 0. The maximum Gasteiger partial charge on any atom is 0.0270 e. The summed E-state index contributed by atoms with van der Waals surface area (Å²) in [5, 5.41) is 0. The lowest BCUT2D eigenvalue weighted by Gasteiger charge is -2.04. The van der Waals surface area contributed by atoms with Gasteiger partial charge in [-0.2, -0.15) is 0 Å². The summed E-state index contributed by atoms with van der Waals surface area (Å²) in [6.45, 7) is 0. The highest BCUT2D eigenvalue weighted by Crippen LogP contribution is 2.19. The lowest BCUT2D eigenvalue weighted by molar-refractivity contribution is 0.545. The van der Waals surface area contributed by atoms with E-state index in [-0.39, 0.29) is 0 Å². The Hall–Kier alpha value is -1.37. The fourth-order valence-corrected chi connectivity index (χ4v) is 3.50. The molecule has 0 saturated heterocycles. The largest absolute Gasteiger partial charge is 0.265 e. The van der Waals surface area contributed by atoms with E-state index in [0.29, 0.717) is 0 Å². The molecule has 1 heterocycles. The minimum absolute atomic E-state index is 1.21. The Bertz CT molecular complexity index is 472. The van der Waals surface area contributed by atoms with Gasteiger partial charge in [0.05, 0.1) is 0 Å². The topological polar surface area (TPSA) is 12.9 Å². The van der Waals surface area contributed by atoms with Crippen molar-refractivity contribution in [2.24, 2.45) is 0 Å². The number of pyridine rings is 1. The molecule has 2 rings (SSSR count). The second-order valence-electron chi connectivity index (χ2n) is 7.20. The molecular weight excluding hydrogens is 290 g/mol. The lowest BCUT2D eigenvalue weighted by Crippen LogP contribution is -1.87. The highest BCUT2D eigenvalue weighted by molar-refractivity contribution is 5.22. The van der Waals surface area contributed by atoms with Gasteiger partial charge in [0.1, 0.15) is 0 Å². The third-order valence-corrected chi connectivity index (χ3v) is 5.06. The number of unbranched alkanes of at least 4 members (excludes halogenated alkanes) is 10. The van der Waals surface area contributed by atoms with Crippen LogP contribution in [0.15, 0.2) is 48.3 Å². The van der Waals surface area contributed by atoms with Gasteiger partial charge in [-0.05, 0) is 49.8 Å². The average Bonchev–Trinajstić information content (AvgIpc) is 3.13. The van der Waals surface area contributed by atoms with E-state index in [1.165, 1.54) is 95.5 Å². The van der Waals surface area contributed by atoms with Gasteiger partial charge in [0.25, 0.3) is 0 Å². The molecule has 0 spiro atoms. The summed E-state index contributed by atoms with van der Waals surface area (Å²) in [7, 11) is 0. The monoisotopic (exact) mass is 325 g/mol. The number of rotatable bonds is 14. The van der Waals surface area contributed by atoms with Crippen LogP contribution in [0.4, 0.5) is 0 Å². The summed E-state index contributed by atoms with van der Waals surface area (Å²) in [4.78, 5) is 4.07. The number of hydrogen-bond donors (Lipinski definition) is 0. The van der Waals surface area contributed by atoms with Gasteiger partial charge in [0.2, 0.25) is 0 Å². The number of aromatic nitrogens is 1. The van der Waals surface area contributed by atoms with Gasteiger partial charge in [-0.3, -0.25) is 4.98 Å². The van der Waals surface area contributed by atoms with Crippen LogP contribution in [-0.2, 0) is 6.42 Å². The number of nitrogens with zero attached hydrogens (tertiary/aromatic N) is 1. The molecule has 0 radical (unpaired) electrons. The number of aryl methyl sites for hydroxylation is 1. The minimum atomic E-state index is 1.21. The van der Waals surface area contributed by atoms with Crippen LogP contribution in [0.3, 0.4) is 0 Å². The average molecular weight is 326 g/mol. The standard InChI is InChI=1S/C23H35N/c1(2-4-6-8-10-14-22-16-12-13-17-22)3-5-7-9-11-15-23-18-20-24-21-19-23/h12-13,16,18-21H,1-11,14-15,17H2. The maximum absolute atomic E-state index is 4.07. The van der Waals surface area contributed by atoms with Crippen molar-refractivity contribution in [2.75, 3.05) is 0 Å². The van der Waals surface area contributed by atoms with Crippen LogP contribution in [0.5, 0.6) is 0 Å². The Kier molecular flexibility index (Phi) is 10.3. The smallest absolute Gasteiger partial charge is 0.0270 e. The normalized spacial score (nSPS) is 13.4. The van der Waals surface area contributed by atoms with Gasteiger partial charge in [-0.25, -0.2) is 0 Å². The Morgan fingerprint density at radius 1 is 0.667 bits per heavy atom. The molecule has 1 aromatic heterocycles. The Balaban J connectivity index is 1.27. The molecule has 24 heavy (non-hydrogen) atoms. The first-order valence-corrected chi connectivity index (χ1v) is 10.2. The quantitative estimate of drug-likeness (QED) is 0.330. The van der Waals surface area contributed by atoms with Crippen molar-refractivity contribution in [1.82, 2.24) is 4.98 Å². The minimum Gasteiger partial charge on any atom is -0.265 e. The molecule has 1 aliphatic rings. The van der Waals surface area contributed by atoms with Gasteiger partial charge < -0.3 is 0 Å². The van der Waals surface area contributed by atoms with Gasteiger partial charge >= 0.3 is 0 Å². The summed E-state index contributed by atoms with van der Waals surface area (Å²) >= 11 is 0. The fraction of sp³-hybridized carbons (Fsp3) is 0.609. The molecule has 0 N–H and O–H groups in total. The Labute approximate surface area is 149 Å². The third kappa shape index (κ3) is 9.05. The van der Waals surface area contributed by atoms with E-state index >= 15 is 0 Å². The zero-order valence-electron chi connectivity index (χ0n) is 15.4. The predicted octanol–water partition coefficient (Wildman–Crippen LogP) is 7.19. The first kappa shape index (κ1) is 19.0.